The van der Waals surface area contributed by atoms with Gasteiger partial charge in [-0.15, -0.1) is 0 Å². The molecular formula is C13H30AlNO. The lowest BCUT2D eigenvalue weighted by Gasteiger charge is -2.32. The van der Waals surface area contributed by atoms with Crippen molar-refractivity contribution in [2.75, 3.05) is 13.1 Å². The number of unbranched alkanes of at least 4 members (excludes halogenated alkanes) is 2. The molecule has 0 amide bonds. The molecule has 0 fully saturated rings. The zero-order chi connectivity index (χ0) is 12.4. The summed E-state index contributed by atoms with van der Waals surface area (Å²) in [5.74, 6) is 4.53. The van der Waals surface area contributed by atoms with Gasteiger partial charge in [0.1, 0.15) is 0 Å². The van der Waals surface area contributed by atoms with E-state index in [1.165, 1.54) is 38.8 Å². The fourth-order valence-electron chi connectivity index (χ4n) is 1.88. The van der Waals surface area contributed by atoms with Crippen molar-refractivity contribution in [2.45, 2.75) is 70.7 Å². The molecule has 1 unspecified atom stereocenters. The standard InChI is InChI=1S/C11H24NO.2CH3.Al/c1-4-7-9-12(10-8-5-2)11(13)6-3;;;/h11H,4-10H2,1-3H3;2*1H3;/q-1;;;+1. The first-order chi connectivity index (χ1) is 7.65. The first-order valence-corrected chi connectivity index (χ1v) is 9.83. The molecule has 0 saturated heterocycles. The Labute approximate surface area is 107 Å². The monoisotopic (exact) mass is 243 g/mol. The summed E-state index contributed by atoms with van der Waals surface area (Å²) in [6.45, 7) is 9.17. The highest BCUT2D eigenvalue weighted by Gasteiger charge is 2.19. The van der Waals surface area contributed by atoms with Gasteiger partial charge in [-0.3, -0.25) is 4.90 Å². The minimum Gasteiger partial charge on any atom is -0.487 e. The van der Waals surface area contributed by atoms with Crippen LogP contribution in [0.5, 0.6) is 0 Å². The van der Waals surface area contributed by atoms with Crippen molar-refractivity contribution in [3.05, 3.63) is 0 Å². The molecule has 0 radical (unpaired) electrons. The Bertz CT molecular complexity index is 145. The summed E-state index contributed by atoms with van der Waals surface area (Å²) in [6.07, 6.45) is 6.64. The number of nitrogens with zero attached hydrogens (tertiary/aromatic N) is 1. The topological polar surface area (TPSA) is 12.5 Å². The van der Waals surface area contributed by atoms with Crippen molar-refractivity contribution in [1.29, 1.82) is 0 Å². The Kier molecular flexibility index (Phi) is 10.9. The van der Waals surface area contributed by atoms with Crippen molar-refractivity contribution in [1.82, 2.24) is 4.90 Å². The molecule has 0 rings (SSSR count). The second kappa shape index (κ2) is 10.6. The van der Waals surface area contributed by atoms with Crippen LogP contribution in [-0.4, -0.2) is 38.7 Å². The maximum Gasteiger partial charge on any atom is 0.455 e. The third-order valence-electron chi connectivity index (χ3n) is 2.78. The van der Waals surface area contributed by atoms with Crippen molar-refractivity contribution >= 4 is 14.5 Å². The van der Waals surface area contributed by atoms with E-state index in [4.69, 9.17) is 3.79 Å². The van der Waals surface area contributed by atoms with E-state index in [-0.39, 0.29) is 0 Å². The van der Waals surface area contributed by atoms with Gasteiger partial charge in [0, 0.05) is 13.1 Å². The van der Waals surface area contributed by atoms with Crippen LogP contribution < -0.4 is 0 Å². The van der Waals surface area contributed by atoms with Gasteiger partial charge in [0.2, 0.25) is 0 Å². The lowest BCUT2D eigenvalue weighted by Crippen LogP contribution is -2.40. The summed E-state index contributed by atoms with van der Waals surface area (Å²) < 4.78 is 6.12. The van der Waals surface area contributed by atoms with Gasteiger partial charge < -0.3 is 3.79 Å². The third kappa shape index (κ3) is 7.68. The Morgan fingerprint density at radius 2 is 1.50 bits per heavy atom. The molecule has 1 atom stereocenters. The molecule has 96 valence electrons. The van der Waals surface area contributed by atoms with Gasteiger partial charge >= 0.3 is 14.5 Å². The molecule has 0 saturated carbocycles. The van der Waals surface area contributed by atoms with Crippen molar-refractivity contribution in [3.8, 4) is 0 Å². The SMILES string of the molecule is CCCCN(CCCC)C(CC)[O][Al]([CH3])[CH3]. The quantitative estimate of drug-likeness (QED) is 0.426. The smallest absolute Gasteiger partial charge is 0.455 e. The van der Waals surface area contributed by atoms with Crippen LogP contribution in [0.15, 0.2) is 0 Å². The maximum atomic E-state index is 6.12. The van der Waals surface area contributed by atoms with E-state index in [2.05, 4.69) is 37.2 Å². The van der Waals surface area contributed by atoms with Crippen LogP contribution in [0, 0.1) is 0 Å². The van der Waals surface area contributed by atoms with Crippen molar-refractivity contribution < 1.29 is 3.79 Å². The minimum absolute atomic E-state index is 0.379. The predicted octanol–water partition coefficient (Wildman–Crippen LogP) is 3.89. The van der Waals surface area contributed by atoms with Crippen LogP contribution >= 0.6 is 0 Å². The molecule has 2 nitrogen and oxygen atoms in total. The summed E-state index contributed by atoms with van der Waals surface area (Å²) in [6, 6.07) is 0. The van der Waals surface area contributed by atoms with Crippen LogP contribution in [-0.2, 0) is 3.79 Å². The third-order valence-corrected chi connectivity index (χ3v) is 3.64. The summed E-state index contributed by atoms with van der Waals surface area (Å²) >= 11 is -0.912. The summed E-state index contributed by atoms with van der Waals surface area (Å²) in [5.41, 5.74) is 0. The zero-order valence-electron chi connectivity index (χ0n) is 12.0. The maximum absolute atomic E-state index is 6.12. The number of rotatable bonds is 10. The van der Waals surface area contributed by atoms with E-state index in [1.807, 2.05) is 0 Å². The molecule has 0 aliphatic heterocycles. The van der Waals surface area contributed by atoms with Gasteiger partial charge in [-0.25, -0.2) is 0 Å². The van der Waals surface area contributed by atoms with E-state index >= 15 is 0 Å². The largest absolute Gasteiger partial charge is 0.487 e. The van der Waals surface area contributed by atoms with E-state index in [9.17, 15) is 0 Å². The molecule has 3 heteroatoms. The van der Waals surface area contributed by atoms with Crippen LogP contribution in [0.1, 0.15) is 52.9 Å². The highest BCUT2D eigenvalue weighted by atomic mass is 27.2. The van der Waals surface area contributed by atoms with E-state index in [1.54, 1.807) is 0 Å². The molecule has 16 heavy (non-hydrogen) atoms. The Hall–Kier alpha value is 0.452. The van der Waals surface area contributed by atoms with Crippen molar-refractivity contribution in [2.24, 2.45) is 0 Å². The normalized spacial score (nSPS) is 13.1. The average molecular weight is 243 g/mol. The summed E-state index contributed by atoms with van der Waals surface area (Å²) in [5, 5.41) is 0. The van der Waals surface area contributed by atoms with Crippen LogP contribution in [0.2, 0.25) is 11.6 Å². The fourth-order valence-corrected chi connectivity index (χ4v) is 2.87. The molecule has 0 spiro atoms. The number of hydrogen-bond donors (Lipinski definition) is 0. The summed E-state index contributed by atoms with van der Waals surface area (Å²) in [7, 11) is 0. The predicted molar refractivity (Wildman–Crippen MR) is 74.0 cm³/mol. The second-order valence-electron chi connectivity index (χ2n) is 4.79. The Morgan fingerprint density at radius 3 is 1.81 bits per heavy atom. The van der Waals surface area contributed by atoms with Gasteiger partial charge in [-0.1, -0.05) is 45.2 Å². The van der Waals surface area contributed by atoms with E-state index < -0.39 is 14.5 Å². The van der Waals surface area contributed by atoms with Crippen molar-refractivity contribution in [3.63, 3.8) is 0 Å². The van der Waals surface area contributed by atoms with Crippen LogP contribution in [0.3, 0.4) is 0 Å². The first-order valence-electron chi connectivity index (χ1n) is 7.05. The molecular weight excluding hydrogens is 213 g/mol. The van der Waals surface area contributed by atoms with Gasteiger partial charge in [0.15, 0.2) is 0 Å². The average Bonchev–Trinajstić information content (AvgIpc) is 2.26. The minimum atomic E-state index is -0.912. The molecule has 0 aliphatic rings. The summed E-state index contributed by atoms with van der Waals surface area (Å²) in [4.78, 5) is 2.56. The lowest BCUT2D eigenvalue weighted by molar-refractivity contribution is 0.0191. The highest BCUT2D eigenvalue weighted by molar-refractivity contribution is 6.48. The lowest BCUT2D eigenvalue weighted by atomic mass is 10.2. The fraction of sp³-hybridized carbons (Fsp3) is 1.00. The van der Waals surface area contributed by atoms with E-state index in [0.29, 0.717) is 6.23 Å². The molecule has 0 heterocycles. The van der Waals surface area contributed by atoms with Gasteiger partial charge in [-0.05, 0) is 19.3 Å². The molecule has 0 aromatic carbocycles. The second-order valence-corrected chi connectivity index (χ2v) is 7.16. The highest BCUT2D eigenvalue weighted by Crippen LogP contribution is 2.11. The van der Waals surface area contributed by atoms with E-state index in [0.717, 1.165) is 6.42 Å². The van der Waals surface area contributed by atoms with Gasteiger partial charge in [-0.2, -0.15) is 0 Å². The first kappa shape index (κ1) is 16.5. The van der Waals surface area contributed by atoms with Crippen LogP contribution in [0.25, 0.3) is 0 Å². The number of hydrogen-bond acceptors (Lipinski definition) is 2. The van der Waals surface area contributed by atoms with Gasteiger partial charge in [0.25, 0.3) is 0 Å². The molecule has 0 N–H and O–H groups in total. The molecule has 0 bridgehead atoms. The zero-order valence-corrected chi connectivity index (χ0v) is 13.1. The molecule has 0 aliphatic carbocycles. The van der Waals surface area contributed by atoms with Gasteiger partial charge in [0.05, 0.1) is 6.23 Å². The molecule has 0 aromatic rings. The van der Waals surface area contributed by atoms with Crippen LogP contribution in [0.4, 0.5) is 0 Å². The Morgan fingerprint density at radius 1 is 1.00 bits per heavy atom. The molecule has 0 aromatic heterocycles. The Balaban J connectivity index is 4.17.